The van der Waals surface area contributed by atoms with Gasteiger partial charge in [-0.3, -0.25) is 9.59 Å². The van der Waals surface area contributed by atoms with E-state index in [1.165, 1.54) is 0 Å². The van der Waals surface area contributed by atoms with Crippen LogP contribution in [-0.4, -0.2) is 50.1 Å². The third-order valence-electron chi connectivity index (χ3n) is 5.80. The van der Waals surface area contributed by atoms with Crippen molar-refractivity contribution >= 4 is 11.7 Å². The highest BCUT2D eigenvalue weighted by molar-refractivity contribution is 6.11. The molecular weight excluding hydrogens is 346 g/mol. The van der Waals surface area contributed by atoms with E-state index in [2.05, 4.69) is 0 Å². The van der Waals surface area contributed by atoms with E-state index in [-0.39, 0.29) is 29.5 Å². The van der Waals surface area contributed by atoms with Crippen molar-refractivity contribution in [2.75, 3.05) is 27.4 Å². The van der Waals surface area contributed by atoms with Gasteiger partial charge in [0.25, 0.3) is 5.91 Å². The lowest BCUT2D eigenvalue weighted by Crippen LogP contribution is -2.39. The van der Waals surface area contributed by atoms with Crippen molar-refractivity contribution < 1.29 is 23.8 Å². The Morgan fingerprint density at radius 3 is 2.78 bits per heavy atom. The molecule has 1 aromatic carbocycles. The van der Waals surface area contributed by atoms with Gasteiger partial charge in [0, 0.05) is 13.7 Å². The molecule has 1 saturated carbocycles. The standard InChI is InChI=1S/C21H25NO5/c1-25-11-10-22-18(13-6-5-7-14(12-13)26-2)17-19(23)15-8-3-4-9-16(15)27-20(17)21(22)24/h5-7,12,15-16,18H,3-4,8-11H2,1-2H3. The van der Waals surface area contributed by atoms with Crippen LogP contribution in [0.1, 0.15) is 37.3 Å². The van der Waals surface area contributed by atoms with Crippen LogP contribution in [0.5, 0.6) is 5.75 Å². The quantitative estimate of drug-likeness (QED) is 0.796. The molecule has 1 fully saturated rings. The maximum atomic E-state index is 13.4. The van der Waals surface area contributed by atoms with Crippen molar-refractivity contribution in [3.63, 3.8) is 0 Å². The molecule has 1 aromatic rings. The second-order valence-corrected chi connectivity index (χ2v) is 7.32. The molecule has 2 aliphatic heterocycles. The minimum Gasteiger partial charge on any atom is -0.497 e. The van der Waals surface area contributed by atoms with Gasteiger partial charge in [0.1, 0.15) is 11.9 Å². The van der Waals surface area contributed by atoms with Crippen molar-refractivity contribution in [1.82, 2.24) is 4.90 Å². The minimum atomic E-state index is -0.451. The van der Waals surface area contributed by atoms with Crippen LogP contribution in [0.15, 0.2) is 35.6 Å². The molecule has 0 radical (unpaired) electrons. The molecule has 4 rings (SSSR count). The van der Waals surface area contributed by atoms with Crippen LogP contribution in [0.25, 0.3) is 0 Å². The molecule has 3 unspecified atom stereocenters. The summed E-state index contributed by atoms with van der Waals surface area (Å²) in [5, 5.41) is 0. The molecule has 2 heterocycles. The second kappa shape index (κ2) is 7.35. The first-order valence-electron chi connectivity index (χ1n) is 9.54. The molecule has 6 heteroatoms. The number of carbonyl (C=O) groups is 2. The largest absolute Gasteiger partial charge is 0.497 e. The summed E-state index contributed by atoms with van der Waals surface area (Å²) in [6.45, 7) is 0.796. The van der Waals surface area contributed by atoms with E-state index in [1.807, 2.05) is 24.3 Å². The van der Waals surface area contributed by atoms with Crippen molar-refractivity contribution in [2.24, 2.45) is 5.92 Å². The Bertz CT molecular complexity index is 787. The monoisotopic (exact) mass is 371 g/mol. The molecule has 0 saturated heterocycles. The molecule has 27 heavy (non-hydrogen) atoms. The molecular formula is C21H25NO5. The van der Waals surface area contributed by atoms with Gasteiger partial charge in [0.05, 0.1) is 31.2 Å². The number of rotatable bonds is 5. The lowest BCUT2D eigenvalue weighted by Gasteiger charge is -2.35. The highest BCUT2D eigenvalue weighted by Crippen LogP contribution is 2.46. The average Bonchev–Trinajstić information content (AvgIpc) is 2.99. The van der Waals surface area contributed by atoms with Gasteiger partial charge in [0.15, 0.2) is 11.5 Å². The zero-order valence-electron chi connectivity index (χ0n) is 15.8. The van der Waals surface area contributed by atoms with E-state index >= 15 is 0 Å². The summed E-state index contributed by atoms with van der Waals surface area (Å²) in [5.41, 5.74) is 1.36. The number of ketones is 1. The van der Waals surface area contributed by atoms with Crippen LogP contribution in [0, 0.1) is 5.92 Å². The van der Waals surface area contributed by atoms with E-state index in [9.17, 15) is 9.59 Å². The maximum absolute atomic E-state index is 13.4. The number of Topliss-reactive ketones (excluding diaryl/α,β-unsaturated/α-hetero) is 1. The van der Waals surface area contributed by atoms with Gasteiger partial charge in [-0.15, -0.1) is 0 Å². The van der Waals surface area contributed by atoms with E-state index < -0.39 is 6.04 Å². The fourth-order valence-corrected chi connectivity index (χ4v) is 4.47. The minimum absolute atomic E-state index is 0.0713. The topological polar surface area (TPSA) is 65.1 Å². The Morgan fingerprint density at radius 1 is 1.19 bits per heavy atom. The van der Waals surface area contributed by atoms with Crippen molar-refractivity contribution in [1.29, 1.82) is 0 Å². The number of nitrogens with zero attached hydrogens (tertiary/aromatic N) is 1. The zero-order valence-corrected chi connectivity index (χ0v) is 15.8. The van der Waals surface area contributed by atoms with Crippen LogP contribution in [0.4, 0.5) is 0 Å². The molecule has 144 valence electrons. The smallest absolute Gasteiger partial charge is 0.290 e. The summed E-state index contributed by atoms with van der Waals surface area (Å²) in [4.78, 5) is 28.2. The number of methoxy groups -OCH3 is 2. The third-order valence-corrected chi connectivity index (χ3v) is 5.80. The molecule has 1 aliphatic carbocycles. The second-order valence-electron chi connectivity index (χ2n) is 7.32. The van der Waals surface area contributed by atoms with Crippen LogP contribution in [-0.2, 0) is 19.1 Å². The zero-order chi connectivity index (χ0) is 19.0. The summed E-state index contributed by atoms with van der Waals surface area (Å²) in [6.07, 6.45) is 3.57. The fourth-order valence-electron chi connectivity index (χ4n) is 4.47. The maximum Gasteiger partial charge on any atom is 0.290 e. The van der Waals surface area contributed by atoms with Gasteiger partial charge in [-0.2, -0.15) is 0 Å². The Kier molecular flexibility index (Phi) is 4.91. The molecule has 0 N–H and O–H groups in total. The van der Waals surface area contributed by atoms with Crippen LogP contribution in [0.3, 0.4) is 0 Å². The Balaban J connectivity index is 1.77. The number of amides is 1. The third kappa shape index (κ3) is 3.02. The number of ether oxygens (including phenoxy) is 3. The molecule has 0 bridgehead atoms. The number of hydrogen-bond acceptors (Lipinski definition) is 5. The lowest BCUT2D eigenvalue weighted by atomic mass is 9.77. The molecule has 6 nitrogen and oxygen atoms in total. The van der Waals surface area contributed by atoms with Crippen molar-refractivity contribution in [3.8, 4) is 5.75 Å². The van der Waals surface area contributed by atoms with E-state index in [0.717, 1.165) is 31.2 Å². The number of hydrogen-bond donors (Lipinski definition) is 0. The summed E-state index contributed by atoms with van der Waals surface area (Å²) in [5.74, 6) is 0.655. The van der Waals surface area contributed by atoms with Gasteiger partial charge in [-0.05, 0) is 37.0 Å². The predicted molar refractivity (Wildman–Crippen MR) is 98.2 cm³/mol. The van der Waals surface area contributed by atoms with Crippen LogP contribution in [0.2, 0.25) is 0 Å². The Hall–Kier alpha value is -2.34. The van der Waals surface area contributed by atoms with E-state index in [1.54, 1.807) is 19.1 Å². The Labute approximate surface area is 159 Å². The molecule has 0 spiro atoms. The van der Waals surface area contributed by atoms with Gasteiger partial charge < -0.3 is 19.1 Å². The van der Waals surface area contributed by atoms with E-state index in [0.29, 0.717) is 24.5 Å². The normalized spacial score (nSPS) is 27.3. The molecule has 3 aliphatic rings. The first-order chi connectivity index (χ1) is 13.2. The lowest BCUT2D eigenvalue weighted by molar-refractivity contribution is -0.135. The number of fused-ring (bicyclic) bond motifs is 1. The highest BCUT2D eigenvalue weighted by Gasteiger charge is 2.51. The van der Waals surface area contributed by atoms with Crippen LogP contribution < -0.4 is 4.74 Å². The first-order valence-corrected chi connectivity index (χ1v) is 9.54. The molecule has 3 atom stereocenters. The van der Waals surface area contributed by atoms with Crippen molar-refractivity contribution in [2.45, 2.75) is 37.8 Å². The van der Waals surface area contributed by atoms with Gasteiger partial charge in [0.2, 0.25) is 0 Å². The SMILES string of the molecule is COCCN1C(=O)C2=C(C(=O)C3CCCCC3O2)C1c1cccc(OC)c1. The summed E-state index contributed by atoms with van der Waals surface area (Å²) in [6, 6.07) is 7.09. The molecule has 1 amide bonds. The average molecular weight is 371 g/mol. The Morgan fingerprint density at radius 2 is 2.00 bits per heavy atom. The van der Waals surface area contributed by atoms with Crippen LogP contribution >= 0.6 is 0 Å². The summed E-state index contributed by atoms with van der Waals surface area (Å²) < 4.78 is 16.7. The van der Waals surface area contributed by atoms with Gasteiger partial charge in [-0.1, -0.05) is 18.6 Å². The fraction of sp³-hybridized carbons (Fsp3) is 0.524. The number of benzene rings is 1. The van der Waals surface area contributed by atoms with E-state index in [4.69, 9.17) is 14.2 Å². The molecule has 0 aromatic heterocycles. The summed E-state index contributed by atoms with van der Waals surface area (Å²) >= 11 is 0. The van der Waals surface area contributed by atoms with Gasteiger partial charge in [-0.25, -0.2) is 0 Å². The summed E-state index contributed by atoms with van der Waals surface area (Å²) in [7, 11) is 3.21. The van der Waals surface area contributed by atoms with Crippen molar-refractivity contribution in [3.05, 3.63) is 41.2 Å². The predicted octanol–water partition coefficient (Wildman–Crippen LogP) is 2.64. The van der Waals surface area contributed by atoms with Gasteiger partial charge >= 0.3 is 0 Å². The first kappa shape index (κ1) is 18.0. The highest BCUT2D eigenvalue weighted by atomic mass is 16.5. The number of carbonyl (C=O) groups excluding carboxylic acids is 2.